The van der Waals surface area contributed by atoms with Crippen LogP contribution in [0.3, 0.4) is 0 Å². The summed E-state index contributed by atoms with van der Waals surface area (Å²) in [4.78, 5) is -0.0495. The van der Waals surface area contributed by atoms with Crippen LogP contribution in [0, 0.1) is 0 Å². The van der Waals surface area contributed by atoms with Crippen molar-refractivity contribution in [3.05, 3.63) is 47.5 Å². The molecular weight excluding hydrogens is 319 g/mol. The van der Waals surface area contributed by atoms with Crippen LogP contribution in [-0.2, 0) is 27.9 Å². The molecule has 0 amide bonds. The predicted octanol–water partition coefficient (Wildman–Crippen LogP) is -0.220. The van der Waals surface area contributed by atoms with Crippen LogP contribution in [0.25, 0.3) is 0 Å². The van der Waals surface area contributed by atoms with Crippen molar-refractivity contribution in [2.75, 3.05) is 10.5 Å². The average Bonchev–Trinajstić information content (AvgIpc) is 2.87. The third-order valence-corrected chi connectivity index (χ3v) is 5.09. The highest BCUT2D eigenvalue weighted by Gasteiger charge is 2.28. The van der Waals surface area contributed by atoms with Gasteiger partial charge in [-0.3, -0.25) is 4.72 Å². The van der Waals surface area contributed by atoms with Gasteiger partial charge in [0.2, 0.25) is 0 Å². The number of nitrogens with one attached hydrogen (secondary N) is 1. The van der Waals surface area contributed by atoms with Gasteiger partial charge in [-0.25, -0.2) is 8.42 Å². The van der Waals surface area contributed by atoms with Crippen molar-refractivity contribution in [2.45, 2.75) is 18.1 Å². The maximum absolute atomic E-state index is 12.5. The first kappa shape index (κ1) is 15.8. The highest BCUT2D eigenvalue weighted by molar-refractivity contribution is 7.92. The minimum atomic E-state index is -3.90. The van der Waals surface area contributed by atoms with Crippen molar-refractivity contribution in [1.82, 2.24) is 0 Å². The summed E-state index contributed by atoms with van der Waals surface area (Å²) < 4.78 is 32.5. The number of nitrogens with two attached hydrogens (primary N) is 1. The van der Waals surface area contributed by atoms with Gasteiger partial charge in [0.1, 0.15) is 0 Å². The minimum absolute atomic E-state index is 0.0495. The Morgan fingerprint density at radius 2 is 2.04 bits per heavy atom. The summed E-state index contributed by atoms with van der Waals surface area (Å²) in [7, 11) is -4.95. The molecule has 0 aliphatic carbocycles. The number of anilines is 2. The van der Waals surface area contributed by atoms with E-state index in [-0.39, 0.29) is 17.1 Å². The molecule has 1 aliphatic rings. The lowest BCUT2D eigenvalue weighted by Crippen LogP contribution is -2.28. The van der Waals surface area contributed by atoms with E-state index in [2.05, 4.69) is 4.72 Å². The van der Waals surface area contributed by atoms with E-state index in [0.717, 1.165) is 5.56 Å². The average molecular weight is 334 g/mol. The van der Waals surface area contributed by atoms with Crippen LogP contribution in [0.1, 0.15) is 11.1 Å². The van der Waals surface area contributed by atoms with Crippen molar-refractivity contribution in [3.63, 3.8) is 0 Å². The van der Waals surface area contributed by atoms with Crippen molar-refractivity contribution < 1.29 is 23.2 Å². The maximum atomic E-state index is 12.5. The summed E-state index contributed by atoms with van der Waals surface area (Å²) >= 11 is 0. The molecule has 1 aliphatic heterocycles. The molecular formula is C14H15BN2O5S. The van der Waals surface area contributed by atoms with Crippen LogP contribution in [-0.4, -0.2) is 25.7 Å². The smallest absolute Gasteiger partial charge is 0.423 e. The Balaban J connectivity index is 1.95. The van der Waals surface area contributed by atoms with Gasteiger partial charge in [-0.15, -0.1) is 0 Å². The van der Waals surface area contributed by atoms with E-state index in [9.17, 15) is 18.5 Å². The van der Waals surface area contributed by atoms with Gasteiger partial charge in [-0.1, -0.05) is 6.07 Å². The van der Waals surface area contributed by atoms with Gasteiger partial charge < -0.3 is 20.5 Å². The molecule has 0 bridgehead atoms. The molecule has 2 aromatic carbocycles. The van der Waals surface area contributed by atoms with Gasteiger partial charge in [0.05, 0.1) is 18.1 Å². The van der Waals surface area contributed by atoms with Crippen molar-refractivity contribution >= 4 is 34.0 Å². The van der Waals surface area contributed by atoms with Crippen molar-refractivity contribution in [3.8, 4) is 0 Å². The zero-order valence-corrected chi connectivity index (χ0v) is 12.9. The SMILES string of the molecule is Nc1ccc(S(=O)(=O)Nc2ccc3c(c2)B(O)OC3)c(CO)c1. The molecule has 0 spiro atoms. The number of rotatable bonds is 4. The third-order valence-electron chi connectivity index (χ3n) is 3.61. The molecule has 23 heavy (non-hydrogen) atoms. The summed E-state index contributed by atoms with van der Waals surface area (Å²) in [6, 6.07) is 9.02. The van der Waals surface area contributed by atoms with Crippen LogP contribution in [0.15, 0.2) is 41.3 Å². The number of aliphatic hydroxyl groups excluding tert-OH is 1. The summed E-state index contributed by atoms with van der Waals surface area (Å²) in [5, 5.41) is 19.0. The van der Waals surface area contributed by atoms with E-state index in [0.29, 0.717) is 16.8 Å². The number of sulfonamides is 1. The largest absolute Gasteiger partial charge is 0.491 e. The molecule has 0 fully saturated rings. The van der Waals surface area contributed by atoms with E-state index < -0.39 is 23.7 Å². The minimum Gasteiger partial charge on any atom is -0.423 e. The van der Waals surface area contributed by atoms with E-state index >= 15 is 0 Å². The number of fused-ring (bicyclic) bond motifs is 1. The Morgan fingerprint density at radius 3 is 2.78 bits per heavy atom. The van der Waals surface area contributed by atoms with E-state index in [1.54, 1.807) is 12.1 Å². The van der Waals surface area contributed by atoms with E-state index in [1.807, 2.05) is 0 Å². The van der Waals surface area contributed by atoms with Gasteiger partial charge in [0.15, 0.2) is 0 Å². The summed E-state index contributed by atoms with van der Waals surface area (Å²) in [6.45, 7) is -0.159. The topological polar surface area (TPSA) is 122 Å². The molecule has 5 N–H and O–H groups in total. The molecule has 0 saturated heterocycles. The number of nitrogen functional groups attached to an aromatic ring is 1. The Hall–Kier alpha value is -2.07. The predicted molar refractivity (Wildman–Crippen MR) is 86.4 cm³/mol. The van der Waals surface area contributed by atoms with Gasteiger partial charge >= 0.3 is 7.12 Å². The molecule has 0 atom stereocenters. The Bertz CT molecular complexity index is 856. The van der Waals surface area contributed by atoms with Gasteiger partial charge in [-0.05, 0) is 46.9 Å². The Kier molecular flexibility index (Phi) is 4.03. The summed E-state index contributed by atoms with van der Waals surface area (Å²) in [5.41, 5.74) is 7.83. The standard InChI is InChI=1S/C14H15BN2O5S/c16-11-2-4-14(10(5-11)7-18)23(20,21)17-12-3-1-9-8-22-15(19)13(9)6-12/h1-6,17-19H,7-8,16H2. The second-order valence-corrected chi connectivity index (χ2v) is 6.86. The summed E-state index contributed by atoms with van der Waals surface area (Å²) in [5.74, 6) is 0. The normalized spacial score (nSPS) is 13.9. The lowest BCUT2D eigenvalue weighted by Gasteiger charge is -2.12. The van der Waals surface area contributed by atoms with Gasteiger partial charge in [0, 0.05) is 11.4 Å². The van der Waals surface area contributed by atoms with E-state index in [1.165, 1.54) is 24.3 Å². The maximum Gasteiger partial charge on any atom is 0.491 e. The molecule has 9 heteroatoms. The second kappa shape index (κ2) is 5.86. The third kappa shape index (κ3) is 3.04. The van der Waals surface area contributed by atoms with Crippen molar-refractivity contribution in [2.24, 2.45) is 0 Å². The first-order chi connectivity index (χ1) is 10.9. The van der Waals surface area contributed by atoms with Gasteiger partial charge in [0.25, 0.3) is 10.0 Å². The number of hydrogen-bond acceptors (Lipinski definition) is 6. The molecule has 7 nitrogen and oxygen atoms in total. The van der Waals surface area contributed by atoms with Gasteiger partial charge in [-0.2, -0.15) is 0 Å². The first-order valence-corrected chi connectivity index (χ1v) is 8.33. The Morgan fingerprint density at radius 1 is 1.26 bits per heavy atom. The molecule has 2 aromatic rings. The Labute approximate surface area is 133 Å². The monoisotopic (exact) mass is 334 g/mol. The van der Waals surface area contributed by atoms with Crippen LogP contribution in [0.4, 0.5) is 11.4 Å². The molecule has 0 unspecified atom stereocenters. The van der Waals surface area contributed by atoms with E-state index in [4.69, 9.17) is 10.4 Å². The lowest BCUT2D eigenvalue weighted by atomic mass is 9.79. The molecule has 0 aromatic heterocycles. The van der Waals surface area contributed by atoms with Crippen LogP contribution in [0.2, 0.25) is 0 Å². The van der Waals surface area contributed by atoms with Crippen LogP contribution >= 0.6 is 0 Å². The lowest BCUT2D eigenvalue weighted by molar-refractivity contribution is 0.275. The molecule has 120 valence electrons. The molecule has 0 radical (unpaired) electrons. The fraction of sp³-hybridized carbons (Fsp3) is 0.143. The second-order valence-electron chi connectivity index (χ2n) is 5.21. The quantitative estimate of drug-likeness (QED) is 0.453. The van der Waals surface area contributed by atoms with Crippen LogP contribution < -0.4 is 15.9 Å². The highest BCUT2D eigenvalue weighted by atomic mass is 32.2. The molecule has 0 saturated carbocycles. The van der Waals surface area contributed by atoms with Crippen molar-refractivity contribution in [1.29, 1.82) is 0 Å². The number of aliphatic hydroxyl groups is 1. The molecule has 1 heterocycles. The van der Waals surface area contributed by atoms with Crippen LogP contribution in [0.5, 0.6) is 0 Å². The summed E-state index contributed by atoms with van der Waals surface area (Å²) in [6.07, 6.45) is 0. The zero-order valence-electron chi connectivity index (χ0n) is 12.1. The highest BCUT2D eigenvalue weighted by Crippen LogP contribution is 2.23. The zero-order chi connectivity index (χ0) is 16.6. The number of hydrogen-bond donors (Lipinski definition) is 4. The number of benzene rings is 2. The fourth-order valence-corrected chi connectivity index (χ4v) is 3.74. The fourth-order valence-electron chi connectivity index (χ4n) is 2.47. The first-order valence-electron chi connectivity index (χ1n) is 6.85. The molecule has 3 rings (SSSR count).